The van der Waals surface area contributed by atoms with Crippen LogP contribution in [0.1, 0.15) is 31.2 Å². The van der Waals surface area contributed by atoms with Crippen molar-refractivity contribution in [3.05, 3.63) is 29.8 Å². The molecule has 1 aliphatic carbocycles. The van der Waals surface area contributed by atoms with Crippen LogP contribution in [-0.2, 0) is 11.2 Å². The lowest BCUT2D eigenvalue weighted by Gasteiger charge is -2.23. The van der Waals surface area contributed by atoms with Crippen LogP contribution in [0.3, 0.4) is 0 Å². The second-order valence-electron chi connectivity index (χ2n) is 5.62. The number of benzene rings is 1. The van der Waals surface area contributed by atoms with E-state index in [1.807, 2.05) is 18.2 Å². The number of hydrogen-bond acceptors (Lipinski definition) is 3. The zero-order valence-corrected chi connectivity index (χ0v) is 11.0. The molecule has 1 amide bonds. The fraction of sp³-hybridized carbons (Fsp3) is 0.533. The summed E-state index contributed by atoms with van der Waals surface area (Å²) in [5.41, 5.74) is 6.68. The molecule has 4 nitrogen and oxygen atoms in total. The molecular formula is C15H20N2O2. The summed E-state index contributed by atoms with van der Waals surface area (Å²) in [6.07, 6.45) is 4.58. The van der Waals surface area contributed by atoms with Gasteiger partial charge in [0.25, 0.3) is 0 Å². The van der Waals surface area contributed by atoms with E-state index < -0.39 is 5.54 Å². The third-order valence-corrected chi connectivity index (χ3v) is 4.15. The van der Waals surface area contributed by atoms with Crippen molar-refractivity contribution in [2.75, 3.05) is 6.54 Å². The highest BCUT2D eigenvalue weighted by atomic mass is 16.5. The minimum atomic E-state index is -0.647. The van der Waals surface area contributed by atoms with E-state index in [0.717, 1.165) is 37.9 Å². The minimum Gasteiger partial charge on any atom is -0.488 e. The summed E-state index contributed by atoms with van der Waals surface area (Å²) in [4.78, 5) is 12.1. The van der Waals surface area contributed by atoms with Crippen LogP contribution in [0.25, 0.3) is 0 Å². The van der Waals surface area contributed by atoms with E-state index >= 15 is 0 Å². The first kappa shape index (κ1) is 12.5. The number of nitrogens with two attached hydrogens (primary N) is 1. The van der Waals surface area contributed by atoms with Crippen LogP contribution in [0.2, 0.25) is 0 Å². The van der Waals surface area contributed by atoms with Crippen molar-refractivity contribution in [1.82, 2.24) is 5.32 Å². The standard InChI is InChI=1S/C15H20N2O2/c16-15(7-3-4-8-15)14(18)17-10-12-9-11-5-1-2-6-13(11)19-12/h1-2,5-6,12H,3-4,7-10,16H2,(H,17,18). The fourth-order valence-corrected chi connectivity index (χ4v) is 2.98. The van der Waals surface area contributed by atoms with Gasteiger partial charge in [0.05, 0.1) is 12.1 Å². The number of fused-ring (bicyclic) bond motifs is 1. The molecule has 1 saturated carbocycles. The highest BCUT2D eigenvalue weighted by Gasteiger charge is 2.37. The lowest BCUT2D eigenvalue weighted by molar-refractivity contribution is -0.126. The highest BCUT2D eigenvalue weighted by Crippen LogP contribution is 2.29. The van der Waals surface area contributed by atoms with Crippen LogP contribution in [0.5, 0.6) is 5.75 Å². The van der Waals surface area contributed by atoms with Crippen molar-refractivity contribution in [1.29, 1.82) is 0 Å². The zero-order valence-electron chi connectivity index (χ0n) is 11.0. The number of nitrogens with one attached hydrogen (secondary N) is 1. The molecule has 1 aliphatic heterocycles. The summed E-state index contributed by atoms with van der Waals surface area (Å²) >= 11 is 0. The first-order valence-corrected chi connectivity index (χ1v) is 6.99. The van der Waals surface area contributed by atoms with Crippen molar-refractivity contribution in [3.63, 3.8) is 0 Å². The van der Waals surface area contributed by atoms with Crippen LogP contribution < -0.4 is 15.8 Å². The normalized spacial score (nSPS) is 23.7. The first-order valence-electron chi connectivity index (χ1n) is 6.99. The fourth-order valence-electron chi connectivity index (χ4n) is 2.98. The van der Waals surface area contributed by atoms with Crippen molar-refractivity contribution >= 4 is 5.91 Å². The number of ether oxygens (including phenoxy) is 1. The van der Waals surface area contributed by atoms with E-state index in [9.17, 15) is 4.79 Å². The quantitative estimate of drug-likeness (QED) is 0.863. The summed E-state index contributed by atoms with van der Waals surface area (Å²) < 4.78 is 5.80. The molecule has 4 heteroatoms. The molecule has 19 heavy (non-hydrogen) atoms. The second kappa shape index (κ2) is 4.85. The Morgan fingerprint density at radius 2 is 2.11 bits per heavy atom. The summed E-state index contributed by atoms with van der Waals surface area (Å²) in [6.45, 7) is 0.534. The molecule has 1 aromatic carbocycles. The van der Waals surface area contributed by atoms with E-state index in [0.29, 0.717) is 6.54 Å². The number of carbonyl (C=O) groups excluding carboxylic acids is 1. The summed E-state index contributed by atoms with van der Waals surface area (Å²) in [5, 5.41) is 2.95. The molecule has 3 N–H and O–H groups in total. The van der Waals surface area contributed by atoms with E-state index in [1.54, 1.807) is 0 Å². The number of rotatable bonds is 3. The van der Waals surface area contributed by atoms with E-state index in [1.165, 1.54) is 5.56 Å². The van der Waals surface area contributed by atoms with Crippen molar-refractivity contribution < 1.29 is 9.53 Å². The Morgan fingerprint density at radius 3 is 2.84 bits per heavy atom. The third-order valence-electron chi connectivity index (χ3n) is 4.15. The van der Waals surface area contributed by atoms with Gasteiger partial charge in [0.15, 0.2) is 0 Å². The molecule has 1 heterocycles. The van der Waals surface area contributed by atoms with Crippen LogP contribution >= 0.6 is 0 Å². The smallest absolute Gasteiger partial charge is 0.240 e. The van der Waals surface area contributed by atoms with Gasteiger partial charge in [-0.3, -0.25) is 4.79 Å². The van der Waals surface area contributed by atoms with E-state index in [2.05, 4.69) is 11.4 Å². The number of hydrogen-bond donors (Lipinski definition) is 2. The van der Waals surface area contributed by atoms with Gasteiger partial charge in [0, 0.05) is 6.42 Å². The molecule has 1 atom stereocenters. The van der Waals surface area contributed by atoms with Gasteiger partial charge in [-0.05, 0) is 24.5 Å². The Labute approximate surface area is 113 Å². The molecular weight excluding hydrogens is 240 g/mol. The van der Waals surface area contributed by atoms with Crippen LogP contribution in [0.4, 0.5) is 0 Å². The summed E-state index contributed by atoms with van der Waals surface area (Å²) in [7, 11) is 0. The molecule has 0 spiro atoms. The third kappa shape index (κ3) is 2.45. The Kier molecular flexibility index (Phi) is 3.19. The summed E-state index contributed by atoms with van der Waals surface area (Å²) in [5.74, 6) is 0.912. The maximum absolute atomic E-state index is 12.1. The molecule has 0 aromatic heterocycles. The second-order valence-corrected chi connectivity index (χ2v) is 5.62. The van der Waals surface area contributed by atoms with Crippen LogP contribution in [0, 0.1) is 0 Å². The van der Waals surface area contributed by atoms with Gasteiger partial charge in [0.2, 0.25) is 5.91 Å². The molecule has 1 aromatic rings. The minimum absolute atomic E-state index is 0.0236. The Hall–Kier alpha value is -1.55. The van der Waals surface area contributed by atoms with Crippen molar-refractivity contribution in [2.24, 2.45) is 5.73 Å². The van der Waals surface area contributed by atoms with Crippen LogP contribution in [-0.4, -0.2) is 24.1 Å². The van der Waals surface area contributed by atoms with Crippen LogP contribution in [0.15, 0.2) is 24.3 Å². The lowest BCUT2D eigenvalue weighted by Crippen LogP contribution is -2.53. The SMILES string of the molecule is NC1(C(=O)NCC2Cc3ccccc3O2)CCCC1. The molecule has 0 bridgehead atoms. The number of para-hydroxylation sites is 1. The van der Waals surface area contributed by atoms with Gasteiger partial charge in [-0.25, -0.2) is 0 Å². The summed E-state index contributed by atoms with van der Waals surface area (Å²) in [6, 6.07) is 8.01. The predicted molar refractivity (Wildman–Crippen MR) is 73.0 cm³/mol. The maximum Gasteiger partial charge on any atom is 0.240 e. The monoisotopic (exact) mass is 260 g/mol. The molecule has 1 unspecified atom stereocenters. The average molecular weight is 260 g/mol. The highest BCUT2D eigenvalue weighted by molar-refractivity contribution is 5.86. The van der Waals surface area contributed by atoms with Gasteiger partial charge >= 0.3 is 0 Å². The van der Waals surface area contributed by atoms with Crippen molar-refractivity contribution in [2.45, 2.75) is 43.7 Å². The Bertz CT molecular complexity index is 456. The zero-order chi connectivity index (χ0) is 13.3. The molecule has 2 aliphatic rings. The predicted octanol–water partition coefficient (Wildman–Crippen LogP) is 1.38. The molecule has 0 radical (unpaired) electrons. The van der Waals surface area contributed by atoms with Gasteiger partial charge in [0.1, 0.15) is 11.9 Å². The van der Waals surface area contributed by atoms with Gasteiger partial charge in [-0.15, -0.1) is 0 Å². The molecule has 3 rings (SSSR count). The van der Waals surface area contributed by atoms with Gasteiger partial charge in [-0.1, -0.05) is 31.0 Å². The van der Waals surface area contributed by atoms with E-state index in [-0.39, 0.29) is 12.0 Å². The Balaban J connectivity index is 1.53. The lowest BCUT2D eigenvalue weighted by atomic mass is 9.98. The van der Waals surface area contributed by atoms with Crippen molar-refractivity contribution in [3.8, 4) is 5.75 Å². The largest absolute Gasteiger partial charge is 0.488 e. The van der Waals surface area contributed by atoms with E-state index in [4.69, 9.17) is 10.5 Å². The maximum atomic E-state index is 12.1. The van der Waals surface area contributed by atoms with Gasteiger partial charge < -0.3 is 15.8 Å². The van der Waals surface area contributed by atoms with Gasteiger partial charge in [-0.2, -0.15) is 0 Å². The topological polar surface area (TPSA) is 64.4 Å². The Morgan fingerprint density at radius 1 is 1.37 bits per heavy atom. The number of amides is 1. The molecule has 0 saturated heterocycles. The average Bonchev–Trinajstić information content (AvgIpc) is 3.02. The molecule has 102 valence electrons. The first-order chi connectivity index (χ1) is 9.17. The molecule has 1 fully saturated rings. The number of carbonyl (C=O) groups is 1.